The molecular formula is C17H14ClFN4O. The van der Waals surface area contributed by atoms with Crippen molar-refractivity contribution in [2.75, 3.05) is 0 Å². The molecule has 1 amide bonds. The summed E-state index contributed by atoms with van der Waals surface area (Å²) in [5, 5.41) is 11.2. The van der Waals surface area contributed by atoms with E-state index in [1.165, 1.54) is 23.0 Å². The summed E-state index contributed by atoms with van der Waals surface area (Å²) < 4.78 is 14.4. The lowest BCUT2D eigenvalue weighted by atomic mass is 10.1. The molecule has 2 aromatic carbocycles. The fourth-order valence-corrected chi connectivity index (χ4v) is 2.40. The van der Waals surface area contributed by atoms with Crippen LogP contribution in [0.4, 0.5) is 4.39 Å². The molecule has 3 rings (SSSR count). The summed E-state index contributed by atoms with van der Waals surface area (Å²) >= 11 is 5.94. The largest absolute Gasteiger partial charge is 0.344 e. The molecule has 0 saturated heterocycles. The minimum atomic E-state index is -0.361. The molecule has 0 saturated carbocycles. The summed E-state index contributed by atoms with van der Waals surface area (Å²) in [5.74, 6) is -0.679. The third kappa shape index (κ3) is 3.60. The van der Waals surface area contributed by atoms with Crippen molar-refractivity contribution in [3.8, 4) is 5.69 Å². The van der Waals surface area contributed by atoms with Gasteiger partial charge in [-0.15, -0.1) is 5.10 Å². The van der Waals surface area contributed by atoms with Crippen molar-refractivity contribution in [1.82, 2.24) is 20.3 Å². The van der Waals surface area contributed by atoms with Gasteiger partial charge < -0.3 is 5.32 Å². The van der Waals surface area contributed by atoms with E-state index >= 15 is 0 Å². The second kappa shape index (κ2) is 6.80. The van der Waals surface area contributed by atoms with Gasteiger partial charge in [0.1, 0.15) is 5.82 Å². The van der Waals surface area contributed by atoms with Gasteiger partial charge in [0.15, 0.2) is 5.69 Å². The third-order valence-corrected chi connectivity index (χ3v) is 3.75. The zero-order valence-electron chi connectivity index (χ0n) is 12.8. The first-order valence-corrected chi connectivity index (χ1v) is 7.65. The number of aromatic nitrogens is 3. The summed E-state index contributed by atoms with van der Waals surface area (Å²) in [7, 11) is 0. The van der Waals surface area contributed by atoms with Crippen LogP contribution >= 0.6 is 11.6 Å². The van der Waals surface area contributed by atoms with Gasteiger partial charge in [-0.2, -0.15) is 0 Å². The number of nitrogens with one attached hydrogen (secondary N) is 1. The van der Waals surface area contributed by atoms with E-state index in [-0.39, 0.29) is 23.5 Å². The van der Waals surface area contributed by atoms with Gasteiger partial charge in [-0.25, -0.2) is 9.07 Å². The Morgan fingerprint density at radius 3 is 2.71 bits per heavy atom. The number of benzene rings is 2. The fourth-order valence-electron chi connectivity index (χ4n) is 2.22. The summed E-state index contributed by atoms with van der Waals surface area (Å²) in [4.78, 5) is 12.3. The molecule has 1 heterocycles. The monoisotopic (exact) mass is 344 g/mol. The van der Waals surface area contributed by atoms with E-state index in [4.69, 9.17) is 11.6 Å². The van der Waals surface area contributed by atoms with E-state index in [9.17, 15) is 9.18 Å². The van der Waals surface area contributed by atoms with E-state index in [1.807, 2.05) is 13.0 Å². The third-order valence-electron chi connectivity index (χ3n) is 3.52. The van der Waals surface area contributed by atoms with Crippen molar-refractivity contribution >= 4 is 17.5 Å². The van der Waals surface area contributed by atoms with Crippen LogP contribution < -0.4 is 5.32 Å². The van der Waals surface area contributed by atoms with Gasteiger partial charge in [-0.3, -0.25) is 4.79 Å². The van der Waals surface area contributed by atoms with Gasteiger partial charge in [-0.05, 0) is 42.8 Å². The molecule has 0 fully saturated rings. The molecule has 0 spiro atoms. The number of amides is 1. The van der Waals surface area contributed by atoms with Gasteiger partial charge in [-0.1, -0.05) is 35.0 Å². The molecule has 5 nitrogen and oxygen atoms in total. The zero-order chi connectivity index (χ0) is 17.1. The summed E-state index contributed by atoms with van der Waals surface area (Å²) in [6, 6.07) is 12.7. The fraction of sp³-hybridized carbons (Fsp3) is 0.118. The quantitative estimate of drug-likeness (QED) is 0.787. The molecular weight excluding hydrogens is 331 g/mol. The van der Waals surface area contributed by atoms with Crippen LogP contribution in [0.2, 0.25) is 5.02 Å². The molecule has 122 valence electrons. The number of rotatable bonds is 4. The summed E-state index contributed by atoms with van der Waals surface area (Å²) in [6.07, 6.45) is 1.53. The normalized spacial score (nSPS) is 12.0. The summed E-state index contributed by atoms with van der Waals surface area (Å²) in [6.45, 7) is 1.81. The van der Waals surface area contributed by atoms with Crippen LogP contribution in [0.1, 0.15) is 29.0 Å². The van der Waals surface area contributed by atoms with Crippen LogP contribution in [0, 0.1) is 5.82 Å². The van der Waals surface area contributed by atoms with E-state index in [2.05, 4.69) is 15.6 Å². The van der Waals surface area contributed by atoms with Crippen molar-refractivity contribution in [3.05, 3.63) is 76.8 Å². The van der Waals surface area contributed by atoms with Crippen LogP contribution in [0.5, 0.6) is 0 Å². The molecule has 0 radical (unpaired) electrons. The lowest BCUT2D eigenvalue weighted by molar-refractivity contribution is 0.0935. The molecule has 24 heavy (non-hydrogen) atoms. The first-order valence-electron chi connectivity index (χ1n) is 7.27. The van der Waals surface area contributed by atoms with E-state index in [0.717, 1.165) is 5.56 Å². The summed E-state index contributed by atoms with van der Waals surface area (Å²) in [5.41, 5.74) is 1.69. The highest BCUT2D eigenvalue weighted by atomic mass is 35.5. The minimum Gasteiger partial charge on any atom is -0.344 e. The first kappa shape index (κ1) is 16.1. The van der Waals surface area contributed by atoms with Crippen molar-refractivity contribution in [2.45, 2.75) is 13.0 Å². The maximum Gasteiger partial charge on any atom is 0.273 e. The Morgan fingerprint density at radius 2 is 2.00 bits per heavy atom. The van der Waals surface area contributed by atoms with Crippen molar-refractivity contribution in [1.29, 1.82) is 0 Å². The predicted molar refractivity (Wildman–Crippen MR) is 88.7 cm³/mol. The molecule has 0 unspecified atom stereocenters. The highest BCUT2D eigenvalue weighted by molar-refractivity contribution is 6.30. The molecule has 0 aliphatic rings. The maximum atomic E-state index is 13.0. The number of hydrogen-bond acceptors (Lipinski definition) is 3. The van der Waals surface area contributed by atoms with Crippen LogP contribution in [0.3, 0.4) is 0 Å². The van der Waals surface area contributed by atoms with Crippen LogP contribution in [0.15, 0.2) is 54.7 Å². The first-order chi connectivity index (χ1) is 11.5. The molecule has 0 aliphatic carbocycles. The lowest BCUT2D eigenvalue weighted by Crippen LogP contribution is -2.27. The zero-order valence-corrected chi connectivity index (χ0v) is 13.5. The molecule has 3 aromatic rings. The molecule has 1 atom stereocenters. The average molecular weight is 345 g/mol. The van der Waals surface area contributed by atoms with Crippen LogP contribution in [0.25, 0.3) is 5.69 Å². The van der Waals surface area contributed by atoms with Crippen LogP contribution in [-0.4, -0.2) is 20.9 Å². The Kier molecular flexibility index (Phi) is 4.57. The Bertz CT molecular complexity index is 863. The highest BCUT2D eigenvalue weighted by Crippen LogP contribution is 2.15. The van der Waals surface area contributed by atoms with Gasteiger partial charge >= 0.3 is 0 Å². The van der Waals surface area contributed by atoms with Gasteiger partial charge in [0.05, 0.1) is 17.9 Å². The Labute approximate surface area is 143 Å². The van der Waals surface area contributed by atoms with E-state index in [1.54, 1.807) is 30.3 Å². The Morgan fingerprint density at radius 1 is 1.25 bits per heavy atom. The highest BCUT2D eigenvalue weighted by Gasteiger charge is 2.15. The Hall–Kier alpha value is -2.73. The van der Waals surface area contributed by atoms with Gasteiger partial charge in [0, 0.05) is 5.02 Å². The number of carbonyl (C=O) groups excluding carboxylic acids is 1. The molecule has 1 aromatic heterocycles. The number of halogens is 2. The van der Waals surface area contributed by atoms with E-state index in [0.29, 0.717) is 10.7 Å². The van der Waals surface area contributed by atoms with E-state index < -0.39 is 0 Å². The maximum absolute atomic E-state index is 13.0. The standard InChI is InChI=1S/C17H14ClFN4O/c1-11(12-5-7-14(19)8-6-12)20-17(24)16-10-23(22-21-16)15-4-2-3-13(18)9-15/h2-11H,1H3,(H,20,24)/t11-/m0/s1. The molecule has 0 bridgehead atoms. The second-order valence-electron chi connectivity index (χ2n) is 5.27. The van der Waals surface area contributed by atoms with Crippen molar-refractivity contribution in [2.24, 2.45) is 0 Å². The Balaban J connectivity index is 1.73. The smallest absolute Gasteiger partial charge is 0.273 e. The number of nitrogens with zero attached hydrogens (tertiary/aromatic N) is 3. The molecule has 7 heteroatoms. The lowest BCUT2D eigenvalue weighted by Gasteiger charge is -2.13. The van der Waals surface area contributed by atoms with Gasteiger partial charge in [0.2, 0.25) is 0 Å². The molecule has 1 N–H and O–H groups in total. The predicted octanol–water partition coefficient (Wildman–Crippen LogP) is 3.55. The van der Waals surface area contributed by atoms with Crippen molar-refractivity contribution in [3.63, 3.8) is 0 Å². The minimum absolute atomic E-state index is 0.184. The second-order valence-corrected chi connectivity index (χ2v) is 5.71. The molecule has 0 aliphatic heterocycles. The van der Waals surface area contributed by atoms with Gasteiger partial charge in [0.25, 0.3) is 5.91 Å². The SMILES string of the molecule is C[C@H](NC(=O)c1cn(-c2cccc(Cl)c2)nn1)c1ccc(F)cc1. The van der Waals surface area contributed by atoms with Crippen molar-refractivity contribution < 1.29 is 9.18 Å². The van der Waals surface area contributed by atoms with Crippen LogP contribution in [-0.2, 0) is 0 Å². The topological polar surface area (TPSA) is 59.8 Å². The number of hydrogen-bond donors (Lipinski definition) is 1. The number of carbonyl (C=O) groups is 1. The average Bonchev–Trinajstić information content (AvgIpc) is 3.05.